The Morgan fingerprint density at radius 1 is 1.04 bits per heavy atom. The van der Waals surface area contributed by atoms with Gasteiger partial charge in [0.1, 0.15) is 0 Å². The first-order chi connectivity index (χ1) is 12.3. The molecule has 1 saturated heterocycles. The molecular weight excluding hydrogens is 314 g/mol. The predicted octanol–water partition coefficient (Wildman–Crippen LogP) is 1.80. The molecule has 0 N–H and O–H groups in total. The average molecular weight is 337 g/mol. The summed E-state index contributed by atoms with van der Waals surface area (Å²) in [5, 5.41) is 4.27. The first kappa shape index (κ1) is 14.9. The lowest BCUT2D eigenvalue weighted by molar-refractivity contribution is 0.120. The quantitative estimate of drug-likeness (QED) is 0.729. The molecule has 3 aromatic rings. The van der Waals surface area contributed by atoms with Crippen molar-refractivity contribution in [1.29, 1.82) is 0 Å². The number of fused-ring (bicyclic) bond motifs is 1. The highest BCUT2D eigenvalue weighted by atomic mass is 15.3. The van der Waals surface area contributed by atoms with E-state index in [-0.39, 0.29) is 0 Å². The summed E-state index contributed by atoms with van der Waals surface area (Å²) in [6.07, 6.45) is 13.8. The maximum Gasteiger partial charge on any atom is 0.180 e. The van der Waals surface area contributed by atoms with Crippen LogP contribution in [0.5, 0.6) is 0 Å². The fourth-order valence-corrected chi connectivity index (χ4v) is 3.95. The molecule has 0 radical (unpaired) electrons. The first-order valence-corrected chi connectivity index (χ1v) is 9.10. The number of nitrogens with zero attached hydrogens (tertiary/aromatic N) is 7. The second-order valence-corrected chi connectivity index (χ2v) is 7.10. The predicted molar refractivity (Wildman–Crippen MR) is 96.6 cm³/mol. The minimum atomic E-state index is 0.828. The Kier molecular flexibility index (Phi) is 3.48. The van der Waals surface area contributed by atoms with E-state index in [2.05, 4.69) is 29.3 Å². The highest BCUT2D eigenvalue weighted by Gasteiger charge is 2.29. The summed E-state index contributed by atoms with van der Waals surface area (Å²) in [5.41, 5.74) is 3.06. The van der Waals surface area contributed by atoms with Gasteiger partial charge < -0.3 is 4.90 Å². The van der Waals surface area contributed by atoms with Crippen LogP contribution in [-0.4, -0.2) is 61.3 Å². The van der Waals surface area contributed by atoms with Crippen LogP contribution in [0.4, 0.5) is 5.82 Å². The number of hydrogen-bond donors (Lipinski definition) is 0. The summed E-state index contributed by atoms with van der Waals surface area (Å²) in [7, 11) is 1.93. The molecule has 0 amide bonds. The van der Waals surface area contributed by atoms with Gasteiger partial charge in [0.2, 0.25) is 0 Å². The number of hydrogen-bond acceptors (Lipinski definition) is 5. The molecular formula is C18H23N7. The fraction of sp³-hybridized carbons (Fsp3) is 0.500. The van der Waals surface area contributed by atoms with Crippen molar-refractivity contribution in [2.24, 2.45) is 7.05 Å². The van der Waals surface area contributed by atoms with Gasteiger partial charge >= 0.3 is 0 Å². The Hall–Kier alpha value is -2.41. The van der Waals surface area contributed by atoms with Gasteiger partial charge in [-0.25, -0.2) is 9.97 Å². The minimum absolute atomic E-state index is 0.828. The Balaban J connectivity index is 1.43. The SMILES string of the molecule is Cn1cc(-c2cnc3c(N4CCN(C5CCC5)CC4)nccn23)cn1. The van der Waals surface area contributed by atoms with Crippen molar-refractivity contribution in [1.82, 2.24) is 29.0 Å². The lowest BCUT2D eigenvalue weighted by Crippen LogP contribution is -2.52. The number of aromatic nitrogens is 5. The van der Waals surface area contributed by atoms with Gasteiger partial charge in [0.15, 0.2) is 11.5 Å². The van der Waals surface area contributed by atoms with Gasteiger partial charge in [-0.1, -0.05) is 6.42 Å². The van der Waals surface area contributed by atoms with Crippen LogP contribution < -0.4 is 4.90 Å². The van der Waals surface area contributed by atoms with Crippen LogP contribution in [-0.2, 0) is 7.05 Å². The third kappa shape index (κ3) is 2.50. The number of aryl methyl sites for hydroxylation is 1. The lowest BCUT2D eigenvalue weighted by Gasteiger charge is -2.43. The molecule has 1 aliphatic heterocycles. The molecule has 3 aromatic heterocycles. The molecule has 5 rings (SSSR count). The summed E-state index contributed by atoms with van der Waals surface area (Å²) in [6, 6.07) is 0.828. The molecule has 0 bridgehead atoms. The van der Waals surface area contributed by atoms with Crippen LogP contribution in [0.25, 0.3) is 16.9 Å². The van der Waals surface area contributed by atoms with Crippen LogP contribution in [0.1, 0.15) is 19.3 Å². The van der Waals surface area contributed by atoms with Gasteiger partial charge in [0, 0.05) is 63.4 Å². The summed E-state index contributed by atoms with van der Waals surface area (Å²) < 4.78 is 3.94. The van der Waals surface area contributed by atoms with Crippen LogP contribution >= 0.6 is 0 Å². The summed E-state index contributed by atoms with van der Waals surface area (Å²) in [6.45, 7) is 4.31. The highest BCUT2D eigenvalue weighted by molar-refractivity contribution is 5.70. The van der Waals surface area contributed by atoms with Crippen LogP contribution in [0.2, 0.25) is 0 Å². The third-order valence-electron chi connectivity index (χ3n) is 5.61. The largest absolute Gasteiger partial charge is 0.351 e. The smallest absolute Gasteiger partial charge is 0.180 e. The average Bonchev–Trinajstić information content (AvgIpc) is 3.19. The molecule has 0 aromatic carbocycles. The number of imidazole rings is 1. The zero-order valence-corrected chi connectivity index (χ0v) is 14.5. The summed E-state index contributed by atoms with van der Waals surface area (Å²) in [5.74, 6) is 0.992. The zero-order valence-electron chi connectivity index (χ0n) is 14.5. The zero-order chi connectivity index (χ0) is 16.8. The van der Waals surface area contributed by atoms with Crippen molar-refractivity contribution in [3.63, 3.8) is 0 Å². The fourth-order valence-electron chi connectivity index (χ4n) is 3.95. The van der Waals surface area contributed by atoms with Crippen molar-refractivity contribution in [2.75, 3.05) is 31.1 Å². The van der Waals surface area contributed by atoms with Crippen LogP contribution in [0.15, 0.2) is 31.0 Å². The van der Waals surface area contributed by atoms with Gasteiger partial charge in [0.05, 0.1) is 18.1 Å². The van der Waals surface area contributed by atoms with Gasteiger partial charge in [0.25, 0.3) is 0 Å². The first-order valence-electron chi connectivity index (χ1n) is 9.10. The molecule has 130 valence electrons. The molecule has 7 nitrogen and oxygen atoms in total. The van der Waals surface area contributed by atoms with Crippen molar-refractivity contribution < 1.29 is 0 Å². The molecule has 0 unspecified atom stereocenters. The van der Waals surface area contributed by atoms with E-state index in [9.17, 15) is 0 Å². The molecule has 0 atom stereocenters. The second-order valence-electron chi connectivity index (χ2n) is 7.10. The highest BCUT2D eigenvalue weighted by Crippen LogP contribution is 2.28. The van der Waals surface area contributed by atoms with E-state index in [0.717, 1.165) is 54.9 Å². The normalized spacial score (nSPS) is 19.5. The van der Waals surface area contributed by atoms with Crippen LogP contribution in [0.3, 0.4) is 0 Å². The standard InChI is InChI=1S/C18H23N7/c1-22-13-14(11-21-22)16-12-20-18-17(19-5-6-25(16)18)24-9-7-23(8-10-24)15-3-2-4-15/h5-6,11-13,15H,2-4,7-10H2,1H3. The van der Waals surface area contributed by atoms with Crippen molar-refractivity contribution in [3.8, 4) is 11.3 Å². The molecule has 2 fully saturated rings. The van der Waals surface area contributed by atoms with Gasteiger partial charge in [-0.05, 0) is 12.8 Å². The van der Waals surface area contributed by atoms with E-state index in [1.807, 2.05) is 42.7 Å². The van der Waals surface area contributed by atoms with Gasteiger partial charge in [-0.2, -0.15) is 5.10 Å². The molecule has 0 spiro atoms. The van der Waals surface area contributed by atoms with Crippen molar-refractivity contribution >= 4 is 11.5 Å². The second kappa shape index (κ2) is 5.84. The molecule has 1 saturated carbocycles. The summed E-state index contributed by atoms with van der Waals surface area (Å²) >= 11 is 0. The molecule has 4 heterocycles. The van der Waals surface area contributed by atoms with E-state index >= 15 is 0 Å². The lowest BCUT2D eigenvalue weighted by atomic mass is 9.91. The Morgan fingerprint density at radius 3 is 2.56 bits per heavy atom. The van der Waals surface area contributed by atoms with E-state index in [4.69, 9.17) is 0 Å². The summed E-state index contributed by atoms with van der Waals surface area (Å²) in [4.78, 5) is 14.3. The van der Waals surface area contributed by atoms with Gasteiger partial charge in [-0.3, -0.25) is 14.0 Å². The minimum Gasteiger partial charge on any atom is -0.351 e. The van der Waals surface area contributed by atoms with Crippen LogP contribution in [0, 0.1) is 0 Å². The molecule has 1 aliphatic carbocycles. The Morgan fingerprint density at radius 2 is 1.88 bits per heavy atom. The third-order valence-corrected chi connectivity index (χ3v) is 5.61. The molecule has 7 heteroatoms. The Labute approximate surface area is 146 Å². The van der Waals surface area contributed by atoms with Crippen molar-refractivity contribution in [2.45, 2.75) is 25.3 Å². The number of piperazine rings is 1. The Bertz CT molecular complexity index is 884. The molecule has 2 aliphatic rings. The van der Waals surface area contributed by atoms with E-state index < -0.39 is 0 Å². The maximum absolute atomic E-state index is 4.67. The van der Waals surface area contributed by atoms with E-state index in [0.29, 0.717) is 0 Å². The maximum atomic E-state index is 4.67. The monoisotopic (exact) mass is 337 g/mol. The van der Waals surface area contributed by atoms with E-state index in [1.54, 1.807) is 0 Å². The van der Waals surface area contributed by atoms with Gasteiger partial charge in [-0.15, -0.1) is 0 Å². The topological polar surface area (TPSA) is 54.5 Å². The van der Waals surface area contributed by atoms with Crippen molar-refractivity contribution in [3.05, 3.63) is 31.0 Å². The molecule has 25 heavy (non-hydrogen) atoms. The number of anilines is 1. The van der Waals surface area contributed by atoms with E-state index in [1.165, 1.54) is 19.3 Å². The number of rotatable bonds is 3.